The van der Waals surface area contributed by atoms with Crippen molar-refractivity contribution in [1.82, 2.24) is 10.6 Å². The Labute approximate surface area is 121 Å². The number of hydrogen-bond donors (Lipinski definition) is 2. The Kier molecular flexibility index (Phi) is 8.02. The number of benzene rings is 1. The van der Waals surface area contributed by atoms with Gasteiger partial charge in [0.05, 0.1) is 6.42 Å². The lowest BCUT2D eigenvalue weighted by Gasteiger charge is -2.09. The van der Waals surface area contributed by atoms with Crippen molar-refractivity contribution in [2.75, 3.05) is 20.1 Å². The topological polar surface area (TPSA) is 50.4 Å². The van der Waals surface area contributed by atoms with Gasteiger partial charge in [0.1, 0.15) is 5.75 Å². The number of amides is 1. The Bertz CT molecular complexity index is 410. The number of carbonyl (C=O) groups is 1. The molecular formula is C12H16ClF3N2O2. The van der Waals surface area contributed by atoms with Crippen LogP contribution in [0.25, 0.3) is 0 Å². The highest BCUT2D eigenvalue weighted by atomic mass is 35.5. The smallest absolute Gasteiger partial charge is 0.406 e. The van der Waals surface area contributed by atoms with Crippen molar-refractivity contribution >= 4 is 18.3 Å². The number of hydrogen-bond acceptors (Lipinski definition) is 3. The summed E-state index contributed by atoms with van der Waals surface area (Å²) < 4.78 is 39.5. The van der Waals surface area contributed by atoms with Crippen molar-refractivity contribution in [2.24, 2.45) is 0 Å². The third kappa shape index (κ3) is 7.85. The van der Waals surface area contributed by atoms with Crippen molar-refractivity contribution in [3.8, 4) is 5.75 Å². The molecule has 0 saturated carbocycles. The molecule has 114 valence electrons. The van der Waals surface area contributed by atoms with Crippen LogP contribution in [0.4, 0.5) is 13.2 Å². The maximum atomic E-state index is 11.9. The fourth-order valence-corrected chi connectivity index (χ4v) is 1.38. The van der Waals surface area contributed by atoms with E-state index in [2.05, 4.69) is 15.4 Å². The number of nitrogens with one attached hydrogen (secondary N) is 2. The highest BCUT2D eigenvalue weighted by Gasteiger charge is 2.30. The Morgan fingerprint density at radius 1 is 1.20 bits per heavy atom. The van der Waals surface area contributed by atoms with Crippen molar-refractivity contribution < 1.29 is 22.7 Å². The van der Waals surface area contributed by atoms with Crippen LogP contribution >= 0.6 is 12.4 Å². The molecule has 0 fully saturated rings. The van der Waals surface area contributed by atoms with Gasteiger partial charge in [-0.2, -0.15) is 0 Å². The summed E-state index contributed by atoms with van der Waals surface area (Å²) in [6.45, 7) is 1.16. The van der Waals surface area contributed by atoms with E-state index in [1.165, 1.54) is 24.3 Å². The first-order valence-electron chi connectivity index (χ1n) is 5.66. The van der Waals surface area contributed by atoms with Gasteiger partial charge in [-0.25, -0.2) is 0 Å². The molecule has 0 heterocycles. The molecule has 1 aromatic rings. The summed E-state index contributed by atoms with van der Waals surface area (Å²) in [5, 5.41) is 5.55. The lowest BCUT2D eigenvalue weighted by atomic mass is 10.1. The number of carbonyl (C=O) groups excluding carboxylic acids is 1. The van der Waals surface area contributed by atoms with Gasteiger partial charge in [0, 0.05) is 13.1 Å². The molecule has 0 unspecified atom stereocenters. The summed E-state index contributed by atoms with van der Waals surface area (Å²) in [5.41, 5.74) is 0.622. The van der Waals surface area contributed by atoms with Gasteiger partial charge in [-0.15, -0.1) is 25.6 Å². The average Bonchev–Trinajstić information content (AvgIpc) is 2.30. The fraction of sp³-hybridized carbons (Fsp3) is 0.417. The summed E-state index contributed by atoms with van der Waals surface area (Å²) >= 11 is 0. The summed E-state index contributed by atoms with van der Waals surface area (Å²) in [5.74, 6) is -0.480. The molecule has 0 saturated heterocycles. The predicted octanol–water partition coefficient (Wildman–Crippen LogP) is 1.89. The van der Waals surface area contributed by atoms with Crippen molar-refractivity contribution in [2.45, 2.75) is 12.8 Å². The SMILES string of the molecule is CNCCNC(=O)Cc1ccc(OC(F)(F)F)cc1.Cl. The second-order valence-corrected chi connectivity index (χ2v) is 3.82. The minimum absolute atomic E-state index is 0. The minimum atomic E-state index is -4.70. The highest BCUT2D eigenvalue weighted by Crippen LogP contribution is 2.22. The largest absolute Gasteiger partial charge is 0.573 e. The van der Waals surface area contributed by atoms with E-state index in [4.69, 9.17) is 0 Å². The zero-order chi connectivity index (χ0) is 14.3. The average molecular weight is 313 g/mol. The van der Waals surface area contributed by atoms with Gasteiger partial charge in [0.25, 0.3) is 0 Å². The summed E-state index contributed by atoms with van der Waals surface area (Å²) in [6, 6.07) is 5.23. The molecule has 8 heteroatoms. The lowest BCUT2D eigenvalue weighted by Crippen LogP contribution is -2.31. The molecule has 0 aliphatic heterocycles. The van der Waals surface area contributed by atoms with E-state index in [9.17, 15) is 18.0 Å². The number of likely N-dealkylation sites (N-methyl/N-ethyl adjacent to an activating group) is 1. The molecule has 0 aliphatic carbocycles. The van der Waals surface area contributed by atoms with Crippen LogP contribution in [-0.2, 0) is 11.2 Å². The highest BCUT2D eigenvalue weighted by molar-refractivity contribution is 5.85. The molecule has 0 bridgehead atoms. The van der Waals surface area contributed by atoms with Crippen LogP contribution in [0, 0.1) is 0 Å². The number of ether oxygens (including phenoxy) is 1. The fourth-order valence-electron chi connectivity index (χ4n) is 1.38. The van der Waals surface area contributed by atoms with Gasteiger partial charge >= 0.3 is 6.36 Å². The van der Waals surface area contributed by atoms with Gasteiger partial charge < -0.3 is 15.4 Å². The van der Waals surface area contributed by atoms with E-state index in [-0.39, 0.29) is 30.5 Å². The first kappa shape index (κ1) is 18.5. The van der Waals surface area contributed by atoms with Crippen LogP contribution < -0.4 is 15.4 Å². The third-order valence-corrected chi connectivity index (χ3v) is 2.22. The van der Waals surface area contributed by atoms with Crippen LogP contribution in [0.2, 0.25) is 0 Å². The van der Waals surface area contributed by atoms with Crippen LogP contribution in [-0.4, -0.2) is 32.4 Å². The monoisotopic (exact) mass is 312 g/mol. The summed E-state index contributed by atoms with van der Waals surface area (Å²) in [7, 11) is 1.77. The van der Waals surface area contributed by atoms with Gasteiger partial charge in [0.15, 0.2) is 0 Å². The molecule has 2 N–H and O–H groups in total. The number of alkyl halides is 3. The quantitative estimate of drug-likeness (QED) is 0.789. The Morgan fingerprint density at radius 2 is 1.80 bits per heavy atom. The second-order valence-electron chi connectivity index (χ2n) is 3.82. The Balaban J connectivity index is 0.00000361. The van der Waals surface area contributed by atoms with E-state index in [0.29, 0.717) is 18.7 Å². The predicted molar refractivity (Wildman–Crippen MR) is 71.0 cm³/mol. The molecule has 0 radical (unpaired) electrons. The second kappa shape index (κ2) is 8.65. The molecule has 1 rings (SSSR count). The lowest BCUT2D eigenvalue weighted by molar-refractivity contribution is -0.274. The van der Waals surface area contributed by atoms with Crippen LogP contribution in [0.1, 0.15) is 5.56 Å². The standard InChI is InChI=1S/C12H15F3N2O2.ClH/c1-16-6-7-17-11(18)8-9-2-4-10(5-3-9)19-12(13,14)15;/h2-5,16H,6-8H2,1H3,(H,17,18);1H. The molecule has 0 aromatic heterocycles. The number of rotatable bonds is 6. The molecule has 0 aliphatic rings. The Hall–Kier alpha value is -1.47. The first-order chi connectivity index (χ1) is 8.90. The van der Waals surface area contributed by atoms with E-state index < -0.39 is 6.36 Å². The molecule has 1 amide bonds. The molecule has 1 aromatic carbocycles. The zero-order valence-electron chi connectivity index (χ0n) is 10.8. The third-order valence-electron chi connectivity index (χ3n) is 2.22. The van der Waals surface area contributed by atoms with Gasteiger partial charge in [0.2, 0.25) is 5.91 Å². The first-order valence-corrected chi connectivity index (χ1v) is 5.66. The minimum Gasteiger partial charge on any atom is -0.406 e. The van der Waals surface area contributed by atoms with Crippen molar-refractivity contribution in [1.29, 1.82) is 0 Å². The van der Waals surface area contributed by atoms with Crippen molar-refractivity contribution in [3.63, 3.8) is 0 Å². The van der Waals surface area contributed by atoms with E-state index in [1.54, 1.807) is 7.05 Å². The van der Waals surface area contributed by atoms with Gasteiger partial charge in [-0.1, -0.05) is 12.1 Å². The molecule has 0 atom stereocenters. The van der Waals surface area contributed by atoms with E-state index >= 15 is 0 Å². The molecule has 0 spiro atoms. The molecule has 20 heavy (non-hydrogen) atoms. The molecular weight excluding hydrogens is 297 g/mol. The van der Waals surface area contributed by atoms with Crippen molar-refractivity contribution in [3.05, 3.63) is 29.8 Å². The maximum Gasteiger partial charge on any atom is 0.573 e. The maximum absolute atomic E-state index is 11.9. The van der Waals surface area contributed by atoms with E-state index in [0.717, 1.165) is 0 Å². The Morgan fingerprint density at radius 3 is 2.30 bits per heavy atom. The van der Waals surface area contributed by atoms with Crippen LogP contribution in [0.3, 0.4) is 0 Å². The summed E-state index contributed by atoms with van der Waals surface area (Å²) in [6.07, 6.45) is -4.58. The van der Waals surface area contributed by atoms with E-state index in [1.807, 2.05) is 0 Å². The van der Waals surface area contributed by atoms with Gasteiger partial charge in [-0.05, 0) is 24.7 Å². The van der Waals surface area contributed by atoms with Crippen LogP contribution in [0.5, 0.6) is 5.75 Å². The van der Waals surface area contributed by atoms with Gasteiger partial charge in [-0.3, -0.25) is 4.79 Å². The number of halogens is 4. The normalized spacial score (nSPS) is 10.6. The molecule has 4 nitrogen and oxygen atoms in total. The van der Waals surface area contributed by atoms with Crippen LogP contribution in [0.15, 0.2) is 24.3 Å². The zero-order valence-corrected chi connectivity index (χ0v) is 11.6. The summed E-state index contributed by atoms with van der Waals surface area (Å²) in [4.78, 5) is 11.5.